The number of carbonyl (C=O) groups is 1. The molecule has 2 aliphatic heterocycles. The van der Waals surface area contributed by atoms with Crippen molar-refractivity contribution in [2.75, 3.05) is 30.3 Å². The standard InChI is InChI=1S/C16H22N2OS/c19-16(12-20-14-7-3-9-17-11-14)18-10-4-6-13-5-1-2-8-15(13)18/h1-2,5,8,14,17H,3-4,6-7,9-12H2. The topological polar surface area (TPSA) is 32.3 Å². The molecular formula is C16H22N2OS. The summed E-state index contributed by atoms with van der Waals surface area (Å²) in [6.07, 6.45) is 4.65. The van der Waals surface area contributed by atoms with Gasteiger partial charge in [0.05, 0.1) is 5.75 Å². The van der Waals surface area contributed by atoms with E-state index in [4.69, 9.17) is 0 Å². The van der Waals surface area contributed by atoms with E-state index in [0.29, 0.717) is 11.0 Å². The van der Waals surface area contributed by atoms with Crippen molar-refractivity contribution >= 4 is 23.4 Å². The van der Waals surface area contributed by atoms with Gasteiger partial charge in [0.2, 0.25) is 5.91 Å². The first kappa shape index (κ1) is 14.0. The first-order valence-corrected chi connectivity index (χ1v) is 8.60. The Morgan fingerprint density at radius 2 is 2.25 bits per heavy atom. The number of thioether (sulfide) groups is 1. The van der Waals surface area contributed by atoms with Crippen LogP contribution in [0.2, 0.25) is 0 Å². The Labute approximate surface area is 125 Å². The number of piperidine rings is 1. The zero-order valence-electron chi connectivity index (χ0n) is 11.8. The molecule has 2 aliphatic rings. The second-order valence-electron chi connectivity index (χ2n) is 5.56. The molecule has 1 unspecified atom stereocenters. The second-order valence-corrected chi connectivity index (χ2v) is 6.85. The lowest BCUT2D eigenvalue weighted by Gasteiger charge is -2.30. The lowest BCUT2D eigenvalue weighted by Crippen LogP contribution is -2.38. The minimum atomic E-state index is 0.271. The van der Waals surface area contributed by atoms with Crippen LogP contribution in [0.4, 0.5) is 5.69 Å². The summed E-state index contributed by atoms with van der Waals surface area (Å²) in [5.41, 5.74) is 2.45. The minimum absolute atomic E-state index is 0.271. The molecule has 108 valence electrons. The molecule has 2 heterocycles. The minimum Gasteiger partial charge on any atom is -0.316 e. The number of amides is 1. The molecule has 1 aromatic rings. The SMILES string of the molecule is O=C(CSC1CCCNC1)N1CCCc2ccccc21. The van der Waals surface area contributed by atoms with E-state index >= 15 is 0 Å². The summed E-state index contributed by atoms with van der Waals surface area (Å²) in [6, 6.07) is 8.32. The highest BCUT2D eigenvalue weighted by Crippen LogP contribution is 2.28. The van der Waals surface area contributed by atoms with Crippen LogP contribution in [-0.2, 0) is 11.2 Å². The maximum atomic E-state index is 12.5. The molecule has 1 amide bonds. The number of hydrogen-bond donors (Lipinski definition) is 1. The van der Waals surface area contributed by atoms with Gasteiger partial charge in [-0.15, -0.1) is 11.8 Å². The molecule has 0 radical (unpaired) electrons. The fraction of sp³-hybridized carbons (Fsp3) is 0.562. The van der Waals surface area contributed by atoms with E-state index in [1.807, 2.05) is 22.7 Å². The van der Waals surface area contributed by atoms with Crippen LogP contribution in [0.15, 0.2) is 24.3 Å². The third-order valence-electron chi connectivity index (χ3n) is 4.11. The van der Waals surface area contributed by atoms with E-state index in [2.05, 4.69) is 23.5 Å². The van der Waals surface area contributed by atoms with Crippen LogP contribution < -0.4 is 10.2 Å². The van der Waals surface area contributed by atoms with Crippen LogP contribution in [0.25, 0.3) is 0 Å². The van der Waals surface area contributed by atoms with Crippen molar-refractivity contribution in [1.82, 2.24) is 5.32 Å². The molecule has 0 bridgehead atoms. The van der Waals surface area contributed by atoms with Gasteiger partial charge in [-0.1, -0.05) is 18.2 Å². The number of rotatable bonds is 3. The van der Waals surface area contributed by atoms with E-state index in [0.717, 1.165) is 38.2 Å². The second kappa shape index (κ2) is 6.64. The number of carbonyl (C=O) groups excluding carboxylic acids is 1. The van der Waals surface area contributed by atoms with Crippen LogP contribution in [0.5, 0.6) is 0 Å². The maximum absolute atomic E-state index is 12.5. The summed E-state index contributed by atoms with van der Waals surface area (Å²) in [4.78, 5) is 14.5. The van der Waals surface area contributed by atoms with Crippen molar-refractivity contribution in [3.8, 4) is 0 Å². The highest BCUT2D eigenvalue weighted by molar-refractivity contribution is 8.00. The molecule has 1 atom stereocenters. The molecule has 1 N–H and O–H groups in total. The van der Waals surface area contributed by atoms with Gasteiger partial charge in [-0.3, -0.25) is 4.79 Å². The maximum Gasteiger partial charge on any atom is 0.236 e. The van der Waals surface area contributed by atoms with E-state index in [-0.39, 0.29) is 5.91 Å². The van der Waals surface area contributed by atoms with E-state index in [9.17, 15) is 4.79 Å². The summed E-state index contributed by atoms with van der Waals surface area (Å²) in [5, 5.41) is 4.01. The average Bonchev–Trinajstić information content (AvgIpc) is 2.53. The predicted molar refractivity (Wildman–Crippen MR) is 85.5 cm³/mol. The van der Waals surface area contributed by atoms with Crippen LogP contribution >= 0.6 is 11.8 Å². The van der Waals surface area contributed by atoms with Crippen molar-refractivity contribution in [3.05, 3.63) is 29.8 Å². The van der Waals surface area contributed by atoms with E-state index < -0.39 is 0 Å². The first-order valence-electron chi connectivity index (χ1n) is 7.55. The summed E-state index contributed by atoms with van der Waals surface area (Å²) in [5.74, 6) is 0.883. The first-order chi connectivity index (χ1) is 9.84. The van der Waals surface area contributed by atoms with Crippen LogP contribution in [0, 0.1) is 0 Å². The van der Waals surface area contributed by atoms with Gasteiger partial charge in [-0.2, -0.15) is 0 Å². The number of hydrogen-bond acceptors (Lipinski definition) is 3. The van der Waals surface area contributed by atoms with E-state index in [1.54, 1.807) is 0 Å². The van der Waals surface area contributed by atoms with Crippen molar-refractivity contribution in [3.63, 3.8) is 0 Å². The van der Waals surface area contributed by atoms with Crippen LogP contribution in [0.1, 0.15) is 24.8 Å². The van der Waals surface area contributed by atoms with Gasteiger partial charge in [0, 0.05) is 24.0 Å². The van der Waals surface area contributed by atoms with Gasteiger partial charge in [0.15, 0.2) is 0 Å². The Balaban J connectivity index is 1.60. The lowest BCUT2D eigenvalue weighted by atomic mass is 10.0. The number of aryl methyl sites for hydroxylation is 1. The predicted octanol–water partition coefficient (Wildman–Crippen LogP) is 2.45. The van der Waals surface area contributed by atoms with Gasteiger partial charge >= 0.3 is 0 Å². The Morgan fingerprint density at radius 1 is 1.35 bits per heavy atom. The fourth-order valence-corrected chi connectivity index (χ4v) is 4.12. The number of nitrogens with one attached hydrogen (secondary N) is 1. The third-order valence-corrected chi connectivity index (χ3v) is 5.39. The van der Waals surface area contributed by atoms with Crippen molar-refractivity contribution in [1.29, 1.82) is 0 Å². The van der Waals surface area contributed by atoms with Gasteiger partial charge in [0.25, 0.3) is 0 Å². The normalized spacial score (nSPS) is 22.4. The smallest absolute Gasteiger partial charge is 0.236 e. The average molecular weight is 290 g/mol. The highest BCUT2D eigenvalue weighted by Gasteiger charge is 2.23. The van der Waals surface area contributed by atoms with Crippen molar-refractivity contribution in [2.45, 2.75) is 30.9 Å². The monoisotopic (exact) mass is 290 g/mol. The van der Waals surface area contributed by atoms with Crippen molar-refractivity contribution in [2.24, 2.45) is 0 Å². The van der Waals surface area contributed by atoms with Crippen LogP contribution in [0.3, 0.4) is 0 Å². The lowest BCUT2D eigenvalue weighted by molar-refractivity contribution is -0.116. The summed E-state index contributed by atoms with van der Waals surface area (Å²) in [6.45, 7) is 3.05. The molecule has 1 saturated heterocycles. The van der Waals surface area contributed by atoms with Gasteiger partial charge in [-0.25, -0.2) is 0 Å². The zero-order chi connectivity index (χ0) is 13.8. The molecule has 4 heteroatoms. The Morgan fingerprint density at radius 3 is 3.10 bits per heavy atom. The molecule has 1 aromatic carbocycles. The molecule has 1 fully saturated rings. The molecule has 3 nitrogen and oxygen atoms in total. The quantitative estimate of drug-likeness (QED) is 0.928. The Bertz CT molecular complexity index is 471. The Kier molecular flexibility index (Phi) is 4.63. The highest BCUT2D eigenvalue weighted by atomic mass is 32.2. The number of anilines is 1. The molecule has 0 aliphatic carbocycles. The third kappa shape index (κ3) is 3.18. The number of benzene rings is 1. The van der Waals surface area contributed by atoms with E-state index in [1.165, 1.54) is 18.4 Å². The zero-order valence-corrected chi connectivity index (χ0v) is 12.6. The van der Waals surface area contributed by atoms with Crippen LogP contribution in [-0.4, -0.2) is 36.5 Å². The number of nitrogens with zero attached hydrogens (tertiary/aromatic N) is 1. The number of fused-ring (bicyclic) bond motifs is 1. The van der Waals surface area contributed by atoms with Crippen molar-refractivity contribution < 1.29 is 4.79 Å². The molecular weight excluding hydrogens is 268 g/mol. The van der Waals surface area contributed by atoms with Gasteiger partial charge in [-0.05, 0) is 43.9 Å². The number of para-hydroxylation sites is 1. The molecule has 3 rings (SSSR count). The molecule has 0 aromatic heterocycles. The van der Waals surface area contributed by atoms with Gasteiger partial charge in [0.1, 0.15) is 0 Å². The molecule has 0 spiro atoms. The van der Waals surface area contributed by atoms with Gasteiger partial charge < -0.3 is 10.2 Å². The fourth-order valence-electron chi connectivity index (χ4n) is 3.02. The summed E-state index contributed by atoms with van der Waals surface area (Å²) >= 11 is 1.82. The Hall–Kier alpha value is -1.00. The summed E-state index contributed by atoms with van der Waals surface area (Å²) in [7, 11) is 0. The summed E-state index contributed by atoms with van der Waals surface area (Å²) < 4.78 is 0. The molecule has 20 heavy (non-hydrogen) atoms. The molecule has 0 saturated carbocycles. The largest absolute Gasteiger partial charge is 0.316 e.